The molecular weight excluding hydrogens is 418 g/mol. The summed E-state index contributed by atoms with van der Waals surface area (Å²) >= 11 is 6.35. The third kappa shape index (κ3) is 4.69. The lowest BCUT2D eigenvalue weighted by Gasteiger charge is -2.35. The van der Waals surface area contributed by atoms with Crippen LogP contribution in [-0.2, 0) is 13.1 Å². The Morgan fingerprint density at radius 3 is 2.31 bits per heavy atom. The third-order valence-corrected chi connectivity index (χ3v) is 6.27. The number of fused-ring (bicyclic) bond motifs is 1. The molecule has 0 atom stereocenters. The Bertz CT molecular complexity index is 1190. The second-order valence-electron chi connectivity index (χ2n) is 8.08. The fraction of sp³-hybridized carbons (Fsp3) is 0.231. The Balaban J connectivity index is 1.33. The van der Waals surface area contributed by atoms with Gasteiger partial charge in [-0.1, -0.05) is 72.3 Å². The average molecular weight is 444 g/mol. The third-order valence-electron chi connectivity index (χ3n) is 5.90. The number of para-hydroxylation sites is 1. The van der Waals surface area contributed by atoms with E-state index < -0.39 is 0 Å². The maximum Gasteiger partial charge on any atom is 0.227 e. The van der Waals surface area contributed by atoms with Crippen LogP contribution in [0.2, 0.25) is 5.02 Å². The summed E-state index contributed by atoms with van der Waals surface area (Å²) in [7, 11) is 0. The van der Waals surface area contributed by atoms with Crippen molar-refractivity contribution in [2.75, 3.05) is 36.4 Å². The van der Waals surface area contributed by atoms with Gasteiger partial charge in [-0.3, -0.25) is 4.90 Å². The largest absolute Gasteiger partial charge is 0.365 e. The molecule has 0 unspecified atom stereocenters. The lowest BCUT2D eigenvalue weighted by molar-refractivity contribution is 0.249. The fourth-order valence-corrected chi connectivity index (χ4v) is 4.31. The number of halogens is 1. The molecule has 162 valence electrons. The lowest BCUT2D eigenvalue weighted by Crippen LogP contribution is -2.46. The van der Waals surface area contributed by atoms with Gasteiger partial charge in [0, 0.05) is 49.7 Å². The quantitative estimate of drug-likeness (QED) is 0.442. The normalized spacial score (nSPS) is 14.6. The van der Waals surface area contributed by atoms with Crippen molar-refractivity contribution >= 4 is 34.3 Å². The average Bonchev–Trinajstić information content (AvgIpc) is 2.84. The summed E-state index contributed by atoms with van der Waals surface area (Å²) in [4.78, 5) is 14.6. The molecule has 3 aromatic carbocycles. The van der Waals surface area contributed by atoms with Crippen molar-refractivity contribution in [2.45, 2.75) is 13.1 Å². The molecule has 6 heteroatoms. The number of hydrogen-bond acceptors (Lipinski definition) is 5. The van der Waals surface area contributed by atoms with Gasteiger partial charge < -0.3 is 10.2 Å². The minimum atomic E-state index is 0.616. The van der Waals surface area contributed by atoms with Crippen LogP contribution < -0.4 is 10.2 Å². The number of benzene rings is 3. The van der Waals surface area contributed by atoms with Crippen molar-refractivity contribution in [1.29, 1.82) is 0 Å². The molecule has 4 aromatic rings. The highest BCUT2D eigenvalue weighted by atomic mass is 35.5. The van der Waals surface area contributed by atoms with Gasteiger partial charge in [-0.2, -0.15) is 4.98 Å². The van der Waals surface area contributed by atoms with Crippen LogP contribution >= 0.6 is 11.6 Å². The Kier molecular flexibility index (Phi) is 6.19. The molecular formula is C26H26ClN5. The van der Waals surface area contributed by atoms with Crippen LogP contribution in [-0.4, -0.2) is 41.0 Å². The minimum Gasteiger partial charge on any atom is -0.365 e. The zero-order valence-electron chi connectivity index (χ0n) is 17.9. The van der Waals surface area contributed by atoms with E-state index >= 15 is 0 Å². The van der Waals surface area contributed by atoms with E-state index in [1.165, 1.54) is 5.56 Å². The Hall–Kier alpha value is -3.15. The van der Waals surface area contributed by atoms with E-state index in [1.54, 1.807) is 0 Å². The number of anilines is 2. The molecule has 1 fully saturated rings. The molecule has 2 heterocycles. The smallest absolute Gasteiger partial charge is 0.227 e. The van der Waals surface area contributed by atoms with E-state index in [4.69, 9.17) is 21.6 Å². The van der Waals surface area contributed by atoms with Gasteiger partial charge in [-0.25, -0.2) is 4.98 Å². The highest BCUT2D eigenvalue weighted by Gasteiger charge is 2.20. The Morgan fingerprint density at radius 2 is 1.50 bits per heavy atom. The van der Waals surface area contributed by atoms with Crippen molar-refractivity contribution < 1.29 is 0 Å². The number of nitrogens with one attached hydrogen (secondary N) is 1. The Labute approximate surface area is 193 Å². The summed E-state index contributed by atoms with van der Waals surface area (Å²) in [6.07, 6.45) is 0. The SMILES string of the molecule is Clc1ccccc1CNc1nc(N2CCN(Cc3ccccc3)CC2)nc2ccccc12. The van der Waals surface area contributed by atoms with Crippen molar-refractivity contribution in [3.05, 3.63) is 95.0 Å². The molecule has 0 radical (unpaired) electrons. The second-order valence-corrected chi connectivity index (χ2v) is 8.49. The van der Waals surface area contributed by atoms with Gasteiger partial charge in [-0.05, 0) is 29.3 Å². The summed E-state index contributed by atoms with van der Waals surface area (Å²) in [5.74, 6) is 1.63. The van der Waals surface area contributed by atoms with Crippen molar-refractivity contribution in [2.24, 2.45) is 0 Å². The van der Waals surface area contributed by atoms with Crippen LogP contribution in [0.3, 0.4) is 0 Å². The van der Waals surface area contributed by atoms with E-state index in [9.17, 15) is 0 Å². The van der Waals surface area contributed by atoms with Gasteiger partial charge >= 0.3 is 0 Å². The first-order valence-corrected chi connectivity index (χ1v) is 11.4. The summed E-state index contributed by atoms with van der Waals surface area (Å²) in [6, 6.07) is 26.7. The maximum atomic E-state index is 6.35. The number of hydrogen-bond donors (Lipinski definition) is 1. The standard InChI is InChI=1S/C26H26ClN5/c27-23-12-6-4-10-21(23)18-28-25-22-11-5-7-13-24(22)29-26(30-25)32-16-14-31(15-17-32)19-20-8-2-1-3-9-20/h1-13H,14-19H2,(H,28,29,30). The first-order chi connectivity index (χ1) is 15.8. The predicted octanol–water partition coefficient (Wildman–Crippen LogP) is 5.22. The van der Waals surface area contributed by atoms with Gasteiger partial charge in [0.25, 0.3) is 0 Å². The zero-order valence-corrected chi connectivity index (χ0v) is 18.7. The molecule has 5 nitrogen and oxygen atoms in total. The molecule has 1 aliphatic rings. The number of piperazine rings is 1. The molecule has 1 aliphatic heterocycles. The van der Waals surface area contributed by atoms with E-state index in [0.717, 1.165) is 66.0 Å². The second kappa shape index (κ2) is 9.55. The van der Waals surface area contributed by atoms with Crippen LogP contribution in [0.1, 0.15) is 11.1 Å². The van der Waals surface area contributed by atoms with Gasteiger partial charge in [0.1, 0.15) is 5.82 Å². The summed E-state index contributed by atoms with van der Waals surface area (Å²) < 4.78 is 0. The van der Waals surface area contributed by atoms with Gasteiger partial charge in [0.2, 0.25) is 5.95 Å². The van der Waals surface area contributed by atoms with E-state index in [1.807, 2.05) is 42.5 Å². The molecule has 1 aromatic heterocycles. The van der Waals surface area contributed by atoms with Crippen LogP contribution in [0, 0.1) is 0 Å². The molecule has 0 amide bonds. The van der Waals surface area contributed by atoms with E-state index in [0.29, 0.717) is 6.54 Å². The van der Waals surface area contributed by atoms with Crippen LogP contribution in [0.15, 0.2) is 78.9 Å². The summed E-state index contributed by atoms with van der Waals surface area (Å²) in [5.41, 5.74) is 3.35. The minimum absolute atomic E-state index is 0.616. The zero-order chi connectivity index (χ0) is 21.8. The molecule has 0 aliphatic carbocycles. The van der Waals surface area contributed by atoms with Crippen molar-refractivity contribution in [3.8, 4) is 0 Å². The topological polar surface area (TPSA) is 44.3 Å². The first kappa shape index (κ1) is 20.7. The van der Waals surface area contributed by atoms with Crippen LogP contribution in [0.5, 0.6) is 0 Å². The summed E-state index contributed by atoms with van der Waals surface area (Å²) in [6.45, 7) is 5.41. The monoisotopic (exact) mass is 443 g/mol. The molecule has 0 spiro atoms. The number of rotatable bonds is 6. The number of aromatic nitrogens is 2. The van der Waals surface area contributed by atoms with Gasteiger partial charge in [-0.15, -0.1) is 0 Å². The molecule has 32 heavy (non-hydrogen) atoms. The molecule has 1 N–H and O–H groups in total. The summed E-state index contributed by atoms with van der Waals surface area (Å²) in [5, 5.41) is 5.27. The van der Waals surface area contributed by atoms with Crippen molar-refractivity contribution in [3.63, 3.8) is 0 Å². The molecule has 1 saturated heterocycles. The maximum absolute atomic E-state index is 6.35. The fourth-order valence-electron chi connectivity index (χ4n) is 4.11. The van der Waals surface area contributed by atoms with Crippen LogP contribution in [0.25, 0.3) is 10.9 Å². The molecule has 5 rings (SSSR count). The first-order valence-electron chi connectivity index (χ1n) is 11.0. The lowest BCUT2D eigenvalue weighted by atomic mass is 10.2. The Morgan fingerprint density at radius 1 is 0.781 bits per heavy atom. The van der Waals surface area contributed by atoms with Gasteiger partial charge in [0.15, 0.2) is 0 Å². The van der Waals surface area contributed by atoms with Gasteiger partial charge in [0.05, 0.1) is 5.52 Å². The predicted molar refractivity (Wildman–Crippen MR) is 132 cm³/mol. The van der Waals surface area contributed by atoms with E-state index in [-0.39, 0.29) is 0 Å². The highest BCUT2D eigenvalue weighted by Crippen LogP contribution is 2.25. The van der Waals surface area contributed by atoms with Crippen LogP contribution in [0.4, 0.5) is 11.8 Å². The molecule has 0 saturated carbocycles. The highest BCUT2D eigenvalue weighted by molar-refractivity contribution is 6.31. The van der Waals surface area contributed by atoms with E-state index in [2.05, 4.69) is 51.5 Å². The molecule has 0 bridgehead atoms. The van der Waals surface area contributed by atoms with Crippen molar-refractivity contribution in [1.82, 2.24) is 14.9 Å². The number of nitrogens with zero attached hydrogens (tertiary/aromatic N) is 4.